The lowest BCUT2D eigenvalue weighted by molar-refractivity contribution is 0.0166. The summed E-state index contributed by atoms with van der Waals surface area (Å²) in [6.45, 7) is 7.47. The van der Waals surface area contributed by atoms with Gasteiger partial charge in [-0.05, 0) is 18.3 Å². The molecule has 0 spiro atoms. The average molecular weight is 174 g/mol. The molecule has 12 heavy (non-hydrogen) atoms. The van der Waals surface area contributed by atoms with Gasteiger partial charge in [0.1, 0.15) is 0 Å². The summed E-state index contributed by atoms with van der Waals surface area (Å²) in [6.07, 6.45) is 1.33. The summed E-state index contributed by atoms with van der Waals surface area (Å²) in [5.74, 6) is 1.27. The van der Waals surface area contributed by atoms with Crippen molar-refractivity contribution in [3.63, 3.8) is 0 Å². The molecule has 0 aliphatic rings. The minimum Gasteiger partial charge on any atom is -0.385 e. The van der Waals surface area contributed by atoms with Crippen molar-refractivity contribution in [1.29, 1.82) is 0 Å². The Labute approximate surface area is 76.3 Å². The van der Waals surface area contributed by atoms with Crippen LogP contribution in [0.25, 0.3) is 0 Å². The van der Waals surface area contributed by atoms with E-state index in [0.29, 0.717) is 17.9 Å². The molecule has 74 valence electrons. The number of hydrogen-bond acceptors (Lipinski definition) is 2. The molecule has 0 aromatic heterocycles. The van der Waals surface area contributed by atoms with Gasteiger partial charge in [0.15, 0.2) is 0 Å². The highest BCUT2D eigenvalue weighted by atomic mass is 16.5. The summed E-state index contributed by atoms with van der Waals surface area (Å²) in [5, 5.41) is 0. The van der Waals surface area contributed by atoms with Crippen molar-refractivity contribution in [2.45, 2.75) is 33.3 Å². The maximum atomic E-state index is 5.40. The van der Waals surface area contributed by atoms with Crippen LogP contribution in [0, 0.1) is 11.8 Å². The van der Waals surface area contributed by atoms with E-state index in [9.17, 15) is 0 Å². The van der Waals surface area contributed by atoms with Crippen molar-refractivity contribution in [3.8, 4) is 0 Å². The highest BCUT2D eigenvalue weighted by molar-refractivity contribution is 4.68. The zero-order valence-corrected chi connectivity index (χ0v) is 8.96. The third-order valence-electron chi connectivity index (χ3n) is 2.55. The van der Waals surface area contributed by atoms with E-state index >= 15 is 0 Å². The predicted octanol–water partition coefficient (Wildman–Crippen LogP) is 2.33. The average Bonchev–Trinajstić information content (AvgIpc) is 2.05. The van der Waals surface area contributed by atoms with Gasteiger partial charge >= 0.3 is 0 Å². The van der Waals surface area contributed by atoms with Crippen LogP contribution in [0.2, 0.25) is 0 Å². The monoisotopic (exact) mass is 174 g/mol. The summed E-state index contributed by atoms with van der Waals surface area (Å²) in [4.78, 5) is 0. The van der Waals surface area contributed by atoms with Gasteiger partial charge in [-0.1, -0.05) is 20.8 Å². The standard InChI is InChI=1S/C10H22O2/c1-8(2)9(3)10(12-5)6-7-11-4/h8-10H,6-7H2,1-5H3. The van der Waals surface area contributed by atoms with Crippen LogP contribution in [-0.2, 0) is 9.47 Å². The van der Waals surface area contributed by atoms with E-state index in [0.717, 1.165) is 13.0 Å². The minimum absolute atomic E-state index is 0.338. The second-order valence-corrected chi connectivity index (χ2v) is 3.66. The van der Waals surface area contributed by atoms with Crippen LogP contribution >= 0.6 is 0 Å². The minimum atomic E-state index is 0.338. The SMILES string of the molecule is COCCC(OC)C(C)C(C)C. The Morgan fingerprint density at radius 1 is 1.08 bits per heavy atom. The van der Waals surface area contributed by atoms with Gasteiger partial charge in [-0.3, -0.25) is 0 Å². The maximum absolute atomic E-state index is 5.40. The van der Waals surface area contributed by atoms with Crippen LogP contribution < -0.4 is 0 Å². The summed E-state index contributed by atoms with van der Waals surface area (Å²) >= 11 is 0. The zero-order chi connectivity index (χ0) is 9.56. The van der Waals surface area contributed by atoms with Crippen molar-refractivity contribution < 1.29 is 9.47 Å². The fourth-order valence-corrected chi connectivity index (χ4v) is 1.26. The summed E-state index contributed by atoms with van der Waals surface area (Å²) in [7, 11) is 3.51. The van der Waals surface area contributed by atoms with Crippen LogP contribution in [-0.4, -0.2) is 26.9 Å². The number of methoxy groups -OCH3 is 2. The lowest BCUT2D eigenvalue weighted by atomic mass is 9.90. The first-order valence-electron chi connectivity index (χ1n) is 4.65. The Kier molecular flexibility index (Phi) is 6.39. The molecule has 0 saturated carbocycles. The second-order valence-electron chi connectivity index (χ2n) is 3.66. The van der Waals surface area contributed by atoms with E-state index in [-0.39, 0.29) is 0 Å². The van der Waals surface area contributed by atoms with Gasteiger partial charge in [-0.25, -0.2) is 0 Å². The van der Waals surface area contributed by atoms with Gasteiger partial charge in [-0.2, -0.15) is 0 Å². The number of ether oxygens (including phenoxy) is 2. The van der Waals surface area contributed by atoms with Gasteiger partial charge in [0.2, 0.25) is 0 Å². The van der Waals surface area contributed by atoms with E-state index in [2.05, 4.69) is 20.8 Å². The summed E-state index contributed by atoms with van der Waals surface area (Å²) < 4.78 is 10.4. The van der Waals surface area contributed by atoms with Crippen LogP contribution in [0.1, 0.15) is 27.2 Å². The molecule has 0 rings (SSSR count). The molecule has 0 radical (unpaired) electrons. The third-order valence-corrected chi connectivity index (χ3v) is 2.55. The van der Waals surface area contributed by atoms with E-state index in [4.69, 9.17) is 9.47 Å². The lowest BCUT2D eigenvalue weighted by Gasteiger charge is -2.25. The Balaban J connectivity index is 3.79. The molecule has 0 fully saturated rings. The molecule has 2 atom stereocenters. The van der Waals surface area contributed by atoms with Gasteiger partial charge in [0.05, 0.1) is 6.10 Å². The molecule has 2 unspecified atom stereocenters. The van der Waals surface area contributed by atoms with Crippen LogP contribution in [0.4, 0.5) is 0 Å². The molecular formula is C10H22O2. The van der Waals surface area contributed by atoms with Gasteiger partial charge < -0.3 is 9.47 Å². The van der Waals surface area contributed by atoms with E-state index in [1.807, 2.05) is 0 Å². The Hall–Kier alpha value is -0.0800. The fourth-order valence-electron chi connectivity index (χ4n) is 1.26. The molecule has 0 bridgehead atoms. The first-order chi connectivity index (χ1) is 5.63. The van der Waals surface area contributed by atoms with E-state index < -0.39 is 0 Å². The third kappa shape index (κ3) is 4.07. The topological polar surface area (TPSA) is 18.5 Å². The normalized spacial score (nSPS) is 16.5. The quantitative estimate of drug-likeness (QED) is 0.615. The van der Waals surface area contributed by atoms with E-state index in [1.54, 1.807) is 14.2 Å². The van der Waals surface area contributed by atoms with E-state index in [1.165, 1.54) is 0 Å². The van der Waals surface area contributed by atoms with Crippen LogP contribution in [0.5, 0.6) is 0 Å². The summed E-state index contributed by atoms with van der Waals surface area (Å²) in [5.41, 5.74) is 0. The van der Waals surface area contributed by atoms with Gasteiger partial charge in [0.25, 0.3) is 0 Å². The zero-order valence-electron chi connectivity index (χ0n) is 8.96. The molecule has 0 saturated heterocycles. The smallest absolute Gasteiger partial charge is 0.0621 e. The van der Waals surface area contributed by atoms with Gasteiger partial charge in [-0.15, -0.1) is 0 Å². The largest absolute Gasteiger partial charge is 0.385 e. The molecule has 0 aromatic carbocycles. The molecule has 0 aliphatic heterocycles. The molecule has 2 heteroatoms. The maximum Gasteiger partial charge on any atom is 0.0621 e. The van der Waals surface area contributed by atoms with Crippen molar-refractivity contribution in [2.75, 3.05) is 20.8 Å². The van der Waals surface area contributed by atoms with Gasteiger partial charge in [0, 0.05) is 20.8 Å². The van der Waals surface area contributed by atoms with Crippen LogP contribution in [0.15, 0.2) is 0 Å². The van der Waals surface area contributed by atoms with Crippen LogP contribution in [0.3, 0.4) is 0 Å². The molecular weight excluding hydrogens is 152 g/mol. The predicted molar refractivity (Wildman–Crippen MR) is 51.3 cm³/mol. The number of rotatable bonds is 6. The van der Waals surface area contributed by atoms with Crippen molar-refractivity contribution >= 4 is 0 Å². The molecule has 0 N–H and O–H groups in total. The number of hydrogen-bond donors (Lipinski definition) is 0. The highest BCUT2D eigenvalue weighted by Gasteiger charge is 2.18. The lowest BCUT2D eigenvalue weighted by Crippen LogP contribution is -2.25. The van der Waals surface area contributed by atoms with Crippen molar-refractivity contribution in [1.82, 2.24) is 0 Å². The second kappa shape index (κ2) is 6.44. The van der Waals surface area contributed by atoms with Crippen molar-refractivity contribution in [3.05, 3.63) is 0 Å². The molecule has 0 amide bonds. The molecule has 2 nitrogen and oxygen atoms in total. The first-order valence-corrected chi connectivity index (χ1v) is 4.65. The fraction of sp³-hybridized carbons (Fsp3) is 1.00. The summed E-state index contributed by atoms with van der Waals surface area (Å²) in [6, 6.07) is 0. The first kappa shape index (κ1) is 11.9. The molecule has 0 aliphatic carbocycles. The Morgan fingerprint density at radius 2 is 1.67 bits per heavy atom. The highest BCUT2D eigenvalue weighted by Crippen LogP contribution is 2.19. The molecule has 0 aromatic rings. The van der Waals surface area contributed by atoms with Crippen molar-refractivity contribution in [2.24, 2.45) is 11.8 Å². The molecule has 0 heterocycles. The Bertz CT molecular complexity index is 102. The Morgan fingerprint density at radius 3 is 2.00 bits per heavy atom.